The minimum absolute atomic E-state index is 0.629. The fraction of sp³-hybridized carbons (Fsp3) is 0.444. The zero-order valence-electron chi connectivity index (χ0n) is 5.49. The van der Waals surface area contributed by atoms with Crippen LogP contribution in [0, 0.1) is 35.0 Å². The first-order valence-electron chi connectivity index (χ1n) is 3.72. The second kappa shape index (κ2) is 1.20. The highest BCUT2D eigenvalue weighted by Gasteiger charge is 2.59. The molecule has 0 aromatic rings. The maximum atomic E-state index is 8.68. The van der Waals surface area contributed by atoms with Gasteiger partial charge in [-0.3, -0.25) is 0 Å². The van der Waals surface area contributed by atoms with Crippen molar-refractivity contribution in [2.75, 3.05) is 0 Å². The van der Waals surface area contributed by atoms with Crippen LogP contribution >= 0.6 is 0 Å². The highest BCUT2D eigenvalue weighted by atomic mass is 14.6. The number of rotatable bonds is 0. The fourth-order valence-electron chi connectivity index (χ4n) is 2.50. The van der Waals surface area contributed by atoms with E-state index >= 15 is 0 Å². The Labute approximate surface area is 59.7 Å². The standard InChI is InChI=1S/C9H7N/c10-4-6-3-5-1-2-7-8(5)9(6)7/h1-3,5,7-9H. The van der Waals surface area contributed by atoms with Crippen LogP contribution in [0.4, 0.5) is 0 Å². The van der Waals surface area contributed by atoms with Crippen molar-refractivity contribution in [1.82, 2.24) is 0 Å². The van der Waals surface area contributed by atoms with Gasteiger partial charge in [0.25, 0.3) is 0 Å². The highest BCUT2D eigenvalue weighted by molar-refractivity contribution is 5.46. The molecule has 1 heteroatoms. The smallest absolute Gasteiger partial charge is 0.0947 e. The molecule has 3 aliphatic rings. The monoisotopic (exact) mass is 129 g/mol. The molecule has 0 saturated heterocycles. The molecule has 0 heterocycles. The van der Waals surface area contributed by atoms with Gasteiger partial charge in [-0.25, -0.2) is 0 Å². The average molecular weight is 129 g/mol. The first kappa shape index (κ1) is 4.73. The van der Waals surface area contributed by atoms with E-state index in [2.05, 4.69) is 24.3 Å². The van der Waals surface area contributed by atoms with Crippen LogP contribution in [0.2, 0.25) is 0 Å². The molecule has 0 amide bonds. The van der Waals surface area contributed by atoms with Gasteiger partial charge in [-0.05, 0) is 11.8 Å². The molecule has 10 heavy (non-hydrogen) atoms. The zero-order valence-corrected chi connectivity index (χ0v) is 5.49. The summed E-state index contributed by atoms with van der Waals surface area (Å²) in [6.45, 7) is 0. The van der Waals surface area contributed by atoms with Crippen molar-refractivity contribution in [2.24, 2.45) is 23.7 Å². The molecule has 1 saturated carbocycles. The second-order valence-corrected chi connectivity index (χ2v) is 3.38. The summed E-state index contributed by atoms with van der Waals surface area (Å²) < 4.78 is 0. The van der Waals surface area contributed by atoms with Gasteiger partial charge in [-0.15, -0.1) is 0 Å². The van der Waals surface area contributed by atoms with Crippen LogP contribution in [-0.4, -0.2) is 0 Å². The number of nitriles is 1. The minimum Gasteiger partial charge on any atom is -0.193 e. The largest absolute Gasteiger partial charge is 0.193 e. The molecule has 3 rings (SSSR count). The summed E-state index contributed by atoms with van der Waals surface area (Å²) in [7, 11) is 0. The van der Waals surface area contributed by atoms with E-state index in [4.69, 9.17) is 5.26 Å². The number of fused-ring (bicyclic) bond motifs is 1. The van der Waals surface area contributed by atoms with Crippen molar-refractivity contribution >= 4 is 0 Å². The quantitative estimate of drug-likeness (QED) is 0.455. The maximum Gasteiger partial charge on any atom is 0.0947 e. The molecule has 4 atom stereocenters. The Bertz CT molecular complexity index is 292. The van der Waals surface area contributed by atoms with E-state index in [0.717, 1.165) is 17.4 Å². The third-order valence-corrected chi connectivity index (χ3v) is 2.99. The van der Waals surface area contributed by atoms with E-state index in [-0.39, 0.29) is 0 Å². The predicted molar refractivity (Wildman–Crippen MR) is 36.8 cm³/mol. The molecular weight excluding hydrogens is 122 g/mol. The van der Waals surface area contributed by atoms with E-state index in [0.29, 0.717) is 11.8 Å². The first-order valence-corrected chi connectivity index (χ1v) is 3.72. The van der Waals surface area contributed by atoms with Gasteiger partial charge in [0.1, 0.15) is 0 Å². The normalized spacial score (nSPS) is 52.1. The molecule has 0 radical (unpaired) electrons. The molecular formula is C9H7N. The van der Waals surface area contributed by atoms with Gasteiger partial charge in [0.15, 0.2) is 0 Å². The number of hydrogen-bond acceptors (Lipinski definition) is 1. The number of nitrogens with zero attached hydrogens (tertiary/aromatic N) is 1. The third-order valence-electron chi connectivity index (χ3n) is 2.99. The lowest BCUT2D eigenvalue weighted by molar-refractivity contribution is 0.704. The Morgan fingerprint density at radius 2 is 2.30 bits per heavy atom. The van der Waals surface area contributed by atoms with E-state index in [9.17, 15) is 0 Å². The lowest BCUT2D eigenvalue weighted by Crippen LogP contribution is -1.86. The van der Waals surface area contributed by atoms with Crippen LogP contribution in [0.3, 0.4) is 0 Å². The van der Waals surface area contributed by atoms with Gasteiger partial charge in [0.2, 0.25) is 0 Å². The molecule has 1 nitrogen and oxygen atoms in total. The predicted octanol–water partition coefficient (Wildman–Crippen LogP) is 1.50. The van der Waals surface area contributed by atoms with Crippen LogP contribution in [0.25, 0.3) is 0 Å². The molecule has 0 bridgehead atoms. The van der Waals surface area contributed by atoms with Crippen LogP contribution in [-0.2, 0) is 0 Å². The number of hydrogen-bond donors (Lipinski definition) is 0. The van der Waals surface area contributed by atoms with Crippen molar-refractivity contribution in [3.63, 3.8) is 0 Å². The Morgan fingerprint density at radius 1 is 1.40 bits per heavy atom. The van der Waals surface area contributed by atoms with Crippen LogP contribution < -0.4 is 0 Å². The summed E-state index contributed by atoms with van der Waals surface area (Å²) in [6, 6.07) is 2.28. The summed E-state index contributed by atoms with van der Waals surface area (Å²) in [6.07, 6.45) is 6.66. The lowest BCUT2D eigenvalue weighted by Gasteiger charge is -1.93. The van der Waals surface area contributed by atoms with Gasteiger partial charge in [-0.1, -0.05) is 18.2 Å². The zero-order chi connectivity index (χ0) is 6.72. The summed E-state index contributed by atoms with van der Waals surface area (Å²) in [5.74, 6) is 2.84. The van der Waals surface area contributed by atoms with Crippen molar-refractivity contribution in [2.45, 2.75) is 0 Å². The third kappa shape index (κ3) is 0.318. The summed E-state index contributed by atoms with van der Waals surface area (Å²) >= 11 is 0. The van der Waals surface area contributed by atoms with E-state index in [1.165, 1.54) is 0 Å². The topological polar surface area (TPSA) is 23.8 Å². The Hall–Kier alpha value is -1.03. The average Bonchev–Trinajstić information content (AvgIpc) is 2.41. The molecule has 0 aromatic heterocycles. The summed E-state index contributed by atoms with van der Waals surface area (Å²) in [5.41, 5.74) is 1.05. The van der Waals surface area contributed by atoms with Gasteiger partial charge in [0, 0.05) is 17.4 Å². The van der Waals surface area contributed by atoms with Crippen LogP contribution in [0.5, 0.6) is 0 Å². The van der Waals surface area contributed by atoms with E-state index in [1.54, 1.807) is 0 Å². The van der Waals surface area contributed by atoms with Crippen molar-refractivity contribution in [3.05, 3.63) is 23.8 Å². The van der Waals surface area contributed by atoms with Crippen molar-refractivity contribution in [3.8, 4) is 6.07 Å². The SMILES string of the molecule is N#CC1=CC2C=CC3C1C23. The Balaban J connectivity index is 2.11. The molecule has 0 aromatic carbocycles. The molecule has 1 fully saturated rings. The van der Waals surface area contributed by atoms with E-state index in [1.807, 2.05) is 0 Å². The van der Waals surface area contributed by atoms with Crippen molar-refractivity contribution < 1.29 is 0 Å². The molecule has 0 N–H and O–H groups in total. The van der Waals surface area contributed by atoms with Gasteiger partial charge < -0.3 is 0 Å². The molecule has 0 spiro atoms. The molecule has 4 unspecified atom stereocenters. The highest BCUT2D eigenvalue weighted by Crippen LogP contribution is 2.64. The summed E-state index contributed by atoms with van der Waals surface area (Å²) in [5, 5.41) is 8.68. The molecule has 3 aliphatic carbocycles. The van der Waals surface area contributed by atoms with Gasteiger partial charge in [0.05, 0.1) is 6.07 Å². The first-order chi connectivity index (χ1) is 4.92. The fourth-order valence-corrected chi connectivity index (χ4v) is 2.50. The van der Waals surface area contributed by atoms with Crippen molar-refractivity contribution in [1.29, 1.82) is 5.26 Å². The van der Waals surface area contributed by atoms with Gasteiger partial charge >= 0.3 is 0 Å². The van der Waals surface area contributed by atoms with Gasteiger partial charge in [-0.2, -0.15) is 5.26 Å². The Morgan fingerprint density at radius 3 is 2.90 bits per heavy atom. The summed E-state index contributed by atoms with van der Waals surface area (Å²) in [4.78, 5) is 0. The minimum atomic E-state index is 0.629. The second-order valence-electron chi connectivity index (χ2n) is 3.38. The van der Waals surface area contributed by atoms with Crippen LogP contribution in [0.1, 0.15) is 0 Å². The lowest BCUT2D eigenvalue weighted by atomic mass is 10.1. The van der Waals surface area contributed by atoms with Crippen LogP contribution in [0.15, 0.2) is 23.8 Å². The maximum absolute atomic E-state index is 8.68. The number of allylic oxidation sites excluding steroid dienone is 4. The molecule has 48 valence electrons. The van der Waals surface area contributed by atoms with E-state index < -0.39 is 0 Å². The molecule has 0 aliphatic heterocycles. The Kier molecular flexibility index (Phi) is 0.568.